The van der Waals surface area contributed by atoms with E-state index < -0.39 is 6.04 Å². The number of aromatic nitrogens is 4. The summed E-state index contributed by atoms with van der Waals surface area (Å²) in [5.41, 5.74) is 2.18. The fourth-order valence-corrected chi connectivity index (χ4v) is 5.08. The molecule has 2 aromatic heterocycles. The Bertz CT molecular complexity index is 1370. The van der Waals surface area contributed by atoms with Crippen LogP contribution in [0.4, 0.5) is 5.13 Å². The Morgan fingerprint density at radius 3 is 2.67 bits per heavy atom. The highest BCUT2D eigenvalue weighted by molar-refractivity contribution is 7.99. The van der Waals surface area contributed by atoms with E-state index in [-0.39, 0.29) is 17.6 Å². The summed E-state index contributed by atoms with van der Waals surface area (Å²) in [6.45, 7) is 6.03. The third kappa shape index (κ3) is 6.20. The lowest BCUT2D eigenvalue weighted by Gasteiger charge is -2.15. The summed E-state index contributed by atoms with van der Waals surface area (Å²) in [5, 5.41) is 17.6. The van der Waals surface area contributed by atoms with E-state index in [0.717, 1.165) is 11.3 Å². The zero-order valence-electron chi connectivity index (χ0n) is 19.3. The van der Waals surface area contributed by atoms with Gasteiger partial charge in [-0.15, -0.1) is 28.1 Å². The number of thioether (sulfide) groups is 1. The molecule has 2 N–H and O–H groups in total. The van der Waals surface area contributed by atoms with E-state index in [1.54, 1.807) is 30.3 Å². The lowest BCUT2D eigenvalue weighted by atomic mass is 10.2. The van der Waals surface area contributed by atoms with Crippen LogP contribution in [0.3, 0.4) is 0 Å². The first-order chi connectivity index (χ1) is 17.5. The van der Waals surface area contributed by atoms with Gasteiger partial charge in [-0.25, -0.2) is 4.98 Å². The molecule has 4 rings (SSSR count). The Balaban J connectivity index is 1.39. The average molecular weight is 539 g/mol. The summed E-state index contributed by atoms with van der Waals surface area (Å²) >= 11 is 8.76. The van der Waals surface area contributed by atoms with Crippen molar-refractivity contribution in [2.45, 2.75) is 24.7 Å². The van der Waals surface area contributed by atoms with Crippen LogP contribution in [-0.4, -0.2) is 37.3 Å². The summed E-state index contributed by atoms with van der Waals surface area (Å²) in [6.07, 6.45) is 1.71. The summed E-state index contributed by atoms with van der Waals surface area (Å²) in [7, 11) is 0. The van der Waals surface area contributed by atoms with E-state index in [1.807, 2.05) is 47.2 Å². The molecule has 0 aliphatic carbocycles. The number of nitrogens with zero attached hydrogens (tertiary/aromatic N) is 4. The van der Waals surface area contributed by atoms with Gasteiger partial charge in [0.05, 0.1) is 28.1 Å². The van der Waals surface area contributed by atoms with E-state index in [1.165, 1.54) is 23.1 Å². The van der Waals surface area contributed by atoms with Gasteiger partial charge in [0.15, 0.2) is 16.1 Å². The maximum atomic E-state index is 12.7. The lowest BCUT2D eigenvalue weighted by Crippen LogP contribution is -2.29. The van der Waals surface area contributed by atoms with Crippen LogP contribution in [0.25, 0.3) is 11.3 Å². The molecule has 0 aliphatic heterocycles. The minimum Gasteiger partial charge on any atom is -0.342 e. The van der Waals surface area contributed by atoms with Gasteiger partial charge >= 0.3 is 0 Å². The number of anilines is 1. The monoisotopic (exact) mass is 538 g/mol. The Labute approximate surface area is 221 Å². The lowest BCUT2D eigenvalue weighted by molar-refractivity contribution is -0.113. The number of benzene rings is 2. The van der Waals surface area contributed by atoms with Gasteiger partial charge in [-0.2, -0.15) is 0 Å². The van der Waals surface area contributed by atoms with E-state index >= 15 is 0 Å². The van der Waals surface area contributed by atoms with Gasteiger partial charge in [-0.1, -0.05) is 71.9 Å². The number of hydrogen-bond acceptors (Lipinski definition) is 7. The number of allylic oxidation sites excluding steroid dienone is 1. The van der Waals surface area contributed by atoms with Crippen molar-refractivity contribution >= 4 is 51.6 Å². The number of hydrogen-bond donors (Lipinski definition) is 2. The molecule has 0 fully saturated rings. The Hall–Kier alpha value is -3.47. The number of carbonyl (C=O) groups is 2. The van der Waals surface area contributed by atoms with Crippen molar-refractivity contribution in [1.29, 1.82) is 0 Å². The summed E-state index contributed by atoms with van der Waals surface area (Å²) < 4.78 is 1.82. The zero-order valence-corrected chi connectivity index (χ0v) is 21.7. The van der Waals surface area contributed by atoms with Gasteiger partial charge in [0, 0.05) is 17.5 Å². The van der Waals surface area contributed by atoms with E-state index in [2.05, 4.69) is 32.4 Å². The topological polar surface area (TPSA) is 102 Å². The molecule has 0 unspecified atom stereocenters. The maximum absolute atomic E-state index is 12.7. The molecule has 2 heterocycles. The summed E-state index contributed by atoms with van der Waals surface area (Å²) in [4.78, 5) is 29.7. The smallest absolute Gasteiger partial charge is 0.253 e. The SMILES string of the molecule is C=CCn1c(SCC(=O)Nc2nc(-c3ccccc3)cs2)nnc1[C@@H](C)NC(=O)c1ccccc1Cl. The fourth-order valence-electron chi connectivity index (χ4n) is 3.37. The van der Waals surface area contributed by atoms with Crippen LogP contribution in [-0.2, 0) is 11.3 Å². The van der Waals surface area contributed by atoms with Crippen molar-refractivity contribution in [1.82, 2.24) is 25.1 Å². The van der Waals surface area contributed by atoms with Crippen LogP contribution in [0.2, 0.25) is 5.02 Å². The standard InChI is InChI=1S/C25H23ClN6O2S2/c1-3-13-32-22(16(2)27-23(34)18-11-7-8-12-19(18)26)30-31-25(32)36-15-21(33)29-24-28-20(14-35-24)17-9-5-4-6-10-17/h3-12,14,16H,1,13,15H2,2H3,(H,27,34)(H,28,29,33)/t16-/m1/s1. The average Bonchev–Trinajstić information content (AvgIpc) is 3.51. The van der Waals surface area contributed by atoms with Gasteiger partial charge in [-0.05, 0) is 19.1 Å². The first-order valence-electron chi connectivity index (χ1n) is 11.0. The van der Waals surface area contributed by atoms with Crippen LogP contribution >= 0.6 is 34.7 Å². The quantitative estimate of drug-likeness (QED) is 0.205. The predicted octanol–water partition coefficient (Wildman–Crippen LogP) is 5.46. The Morgan fingerprint density at radius 2 is 1.92 bits per heavy atom. The van der Waals surface area contributed by atoms with Crippen LogP contribution in [0, 0.1) is 0 Å². The van der Waals surface area contributed by atoms with Crippen LogP contribution in [0.15, 0.2) is 77.8 Å². The van der Waals surface area contributed by atoms with Gasteiger partial charge in [-0.3, -0.25) is 9.59 Å². The third-order valence-electron chi connectivity index (χ3n) is 5.06. The summed E-state index contributed by atoms with van der Waals surface area (Å²) in [5.74, 6) is 0.151. The molecule has 0 saturated carbocycles. The minimum absolute atomic E-state index is 0.121. The van der Waals surface area contributed by atoms with Crippen molar-refractivity contribution in [3.8, 4) is 11.3 Å². The first-order valence-corrected chi connectivity index (χ1v) is 13.2. The van der Waals surface area contributed by atoms with E-state index in [0.29, 0.717) is 33.2 Å². The van der Waals surface area contributed by atoms with Crippen LogP contribution in [0.1, 0.15) is 29.1 Å². The van der Waals surface area contributed by atoms with Crippen LogP contribution in [0.5, 0.6) is 0 Å². The van der Waals surface area contributed by atoms with Crippen molar-refractivity contribution in [2.75, 3.05) is 11.1 Å². The van der Waals surface area contributed by atoms with Crippen molar-refractivity contribution in [3.63, 3.8) is 0 Å². The second-order valence-electron chi connectivity index (χ2n) is 7.66. The van der Waals surface area contributed by atoms with Crippen molar-refractivity contribution < 1.29 is 9.59 Å². The third-order valence-corrected chi connectivity index (χ3v) is 7.12. The molecule has 2 amide bonds. The molecule has 4 aromatic rings. The Morgan fingerprint density at radius 1 is 1.17 bits per heavy atom. The first kappa shape index (κ1) is 25.6. The molecule has 0 radical (unpaired) electrons. The van der Waals surface area contributed by atoms with Gasteiger partial charge in [0.1, 0.15) is 0 Å². The van der Waals surface area contributed by atoms with E-state index in [4.69, 9.17) is 11.6 Å². The minimum atomic E-state index is -0.448. The van der Waals surface area contributed by atoms with Gasteiger partial charge in [0.25, 0.3) is 5.91 Å². The highest BCUT2D eigenvalue weighted by atomic mass is 35.5. The molecule has 11 heteroatoms. The zero-order chi connectivity index (χ0) is 25.5. The largest absolute Gasteiger partial charge is 0.342 e. The molecule has 0 aliphatic rings. The number of halogens is 1. The molecule has 184 valence electrons. The number of carbonyl (C=O) groups excluding carboxylic acids is 2. The van der Waals surface area contributed by atoms with Gasteiger partial charge < -0.3 is 15.2 Å². The van der Waals surface area contributed by atoms with Gasteiger partial charge in [0.2, 0.25) is 5.91 Å². The highest BCUT2D eigenvalue weighted by Crippen LogP contribution is 2.26. The number of thiazole rings is 1. The molecule has 2 aromatic carbocycles. The molecular weight excluding hydrogens is 516 g/mol. The van der Waals surface area contributed by atoms with Crippen molar-refractivity contribution in [2.24, 2.45) is 0 Å². The predicted molar refractivity (Wildman–Crippen MR) is 144 cm³/mol. The number of nitrogens with one attached hydrogen (secondary N) is 2. The van der Waals surface area contributed by atoms with E-state index in [9.17, 15) is 9.59 Å². The molecule has 1 atom stereocenters. The molecule has 8 nitrogen and oxygen atoms in total. The normalized spacial score (nSPS) is 11.6. The van der Waals surface area contributed by atoms with Crippen molar-refractivity contribution in [3.05, 3.63) is 89.0 Å². The fraction of sp³-hybridized carbons (Fsp3) is 0.160. The summed E-state index contributed by atoms with van der Waals surface area (Å²) in [6, 6.07) is 16.2. The molecular formula is C25H23ClN6O2S2. The second kappa shape index (κ2) is 12.0. The number of amides is 2. The molecule has 0 saturated heterocycles. The molecule has 0 spiro atoms. The maximum Gasteiger partial charge on any atom is 0.253 e. The highest BCUT2D eigenvalue weighted by Gasteiger charge is 2.21. The molecule has 36 heavy (non-hydrogen) atoms. The van der Waals surface area contributed by atoms with Crippen LogP contribution < -0.4 is 10.6 Å². The Kier molecular flexibility index (Phi) is 8.52. The molecule has 0 bridgehead atoms. The second-order valence-corrected chi connectivity index (χ2v) is 9.86. The number of rotatable bonds is 10.